The van der Waals surface area contributed by atoms with Crippen LogP contribution in [0, 0.1) is 5.41 Å². The zero-order valence-corrected chi connectivity index (χ0v) is 9.46. The molecule has 1 atom stereocenters. The van der Waals surface area contributed by atoms with Crippen LogP contribution in [0.25, 0.3) is 0 Å². The lowest BCUT2D eigenvalue weighted by atomic mass is 9.90. The van der Waals surface area contributed by atoms with Gasteiger partial charge >= 0.3 is 5.97 Å². The van der Waals surface area contributed by atoms with Crippen molar-refractivity contribution in [3.05, 3.63) is 12.7 Å². The third kappa shape index (κ3) is 2.38. The maximum Gasteiger partial charge on any atom is 0.310 e. The number of carboxylic acids is 1. The van der Waals surface area contributed by atoms with Crippen molar-refractivity contribution in [2.75, 3.05) is 18.8 Å². The Balaban J connectivity index is 2.80. The van der Waals surface area contributed by atoms with E-state index >= 15 is 0 Å². The summed E-state index contributed by atoms with van der Waals surface area (Å²) < 4.78 is 24.4. The van der Waals surface area contributed by atoms with Crippen LogP contribution < -0.4 is 0 Å². The van der Waals surface area contributed by atoms with Crippen molar-refractivity contribution in [3.8, 4) is 0 Å². The molecular weight excluding hydrogens is 218 g/mol. The van der Waals surface area contributed by atoms with E-state index in [0.717, 1.165) is 0 Å². The van der Waals surface area contributed by atoms with Crippen LogP contribution in [-0.2, 0) is 14.8 Å². The van der Waals surface area contributed by atoms with E-state index in [1.165, 1.54) is 10.4 Å². The number of sulfonamides is 1. The molecule has 0 aromatic rings. The van der Waals surface area contributed by atoms with Gasteiger partial charge in [-0.2, -0.15) is 0 Å². The van der Waals surface area contributed by atoms with E-state index in [-0.39, 0.29) is 18.8 Å². The van der Waals surface area contributed by atoms with Gasteiger partial charge in [-0.05, 0) is 13.3 Å². The summed E-state index contributed by atoms with van der Waals surface area (Å²) in [6, 6.07) is 0. The van der Waals surface area contributed by atoms with E-state index in [1.54, 1.807) is 6.92 Å². The van der Waals surface area contributed by atoms with E-state index in [0.29, 0.717) is 6.42 Å². The van der Waals surface area contributed by atoms with Crippen molar-refractivity contribution in [1.29, 1.82) is 0 Å². The zero-order valence-electron chi connectivity index (χ0n) is 8.64. The molecule has 0 bridgehead atoms. The van der Waals surface area contributed by atoms with E-state index in [9.17, 15) is 13.2 Å². The highest BCUT2D eigenvalue weighted by Crippen LogP contribution is 2.31. The molecule has 86 valence electrons. The summed E-state index contributed by atoms with van der Waals surface area (Å²) in [5.74, 6) is -1.08. The van der Waals surface area contributed by atoms with Crippen LogP contribution in [0.2, 0.25) is 0 Å². The molecule has 0 saturated carbocycles. The fourth-order valence-electron chi connectivity index (χ4n) is 1.59. The predicted octanol–water partition coefficient (Wildman–Crippen LogP) is 0.299. The van der Waals surface area contributed by atoms with Gasteiger partial charge in [0.05, 0.1) is 11.2 Å². The minimum atomic E-state index is -3.36. The molecule has 1 aliphatic rings. The summed E-state index contributed by atoms with van der Waals surface area (Å²) >= 11 is 0. The average molecular weight is 233 g/mol. The number of carboxylic acid groups (broad SMARTS) is 1. The first-order valence-electron chi connectivity index (χ1n) is 4.64. The van der Waals surface area contributed by atoms with Crippen molar-refractivity contribution >= 4 is 16.0 Å². The number of aliphatic carboxylic acids is 1. The molecule has 0 radical (unpaired) electrons. The largest absolute Gasteiger partial charge is 0.481 e. The van der Waals surface area contributed by atoms with Crippen molar-refractivity contribution in [2.45, 2.75) is 13.3 Å². The summed E-state index contributed by atoms with van der Waals surface area (Å²) in [7, 11) is -3.36. The van der Waals surface area contributed by atoms with Crippen molar-refractivity contribution in [1.82, 2.24) is 4.31 Å². The van der Waals surface area contributed by atoms with E-state index in [4.69, 9.17) is 5.11 Å². The minimum absolute atomic E-state index is 0.0541. The molecule has 1 unspecified atom stereocenters. The minimum Gasteiger partial charge on any atom is -0.481 e. The molecule has 1 fully saturated rings. The van der Waals surface area contributed by atoms with Crippen LogP contribution >= 0.6 is 0 Å². The number of carbonyl (C=O) groups is 1. The fourth-order valence-corrected chi connectivity index (χ4v) is 2.94. The van der Waals surface area contributed by atoms with Gasteiger partial charge in [0.25, 0.3) is 0 Å². The van der Waals surface area contributed by atoms with Crippen molar-refractivity contribution < 1.29 is 18.3 Å². The summed E-state index contributed by atoms with van der Waals surface area (Å²) in [6.07, 6.45) is 1.67. The van der Waals surface area contributed by atoms with Crippen LogP contribution in [-0.4, -0.2) is 42.6 Å². The maximum absolute atomic E-state index is 11.6. The van der Waals surface area contributed by atoms with Gasteiger partial charge in [0.1, 0.15) is 0 Å². The Morgan fingerprint density at radius 3 is 2.67 bits per heavy atom. The molecule has 15 heavy (non-hydrogen) atoms. The van der Waals surface area contributed by atoms with E-state index in [1.807, 2.05) is 0 Å². The normalized spacial score (nSPS) is 27.8. The molecule has 1 N–H and O–H groups in total. The Kier molecular flexibility index (Phi) is 3.20. The van der Waals surface area contributed by atoms with Gasteiger partial charge in [-0.25, -0.2) is 12.7 Å². The lowest BCUT2D eigenvalue weighted by Gasteiger charge is -2.19. The van der Waals surface area contributed by atoms with Gasteiger partial charge in [0, 0.05) is 13.1 Å². The molecule has 1 aliphatic heterocycles. The lowest BCUT2D eigenvalue weighted by Crippen LogP contribution is -2.35. The van der Waals surface area contributed by atoms with Gasteiger partial charge in [0.2, 0.25) is 10.0 Å². The van der Waals surface area contributed by atoms with Gasteiger partial charge < -0.3 is 5.11 Å². The molecule has 0 aliphatic carbocycles. The average Bonchev–Trinajstić information content (AvgIpc) is 2.50. The molecule has 0 aromatic carbocycles. The number of rotatable bonds is 4. The van der Waals surface area contributed by atoms with Gasteiger partial charge in [-0.1, -0.05) is 6.08 Å². The highest BCUT2D eigenvalue weighted by Gasteiger charge is 2.43. The quantitative estimate of drug-likeness (QED) is 0.709. The summed E-state index contributed by atoms with van der Waals surface area (Å²) in [5.41, 5.74) is -0.950. The number of hydrogen-bond donors (Lipinski definition) is 1. The third-order valence-electron chi connectivity index (χ3n) is 2.68. The van der Waals surface area contributed by atoms with Gasteiger partial charge in [0.15, 0.2) is 0 Å². The second-order valence-electron chi connectivity index (χ2n) is 4.02. The van der Waals surface area contributed by atoms with Gasteiger partial charge in [-0.15, -0.1) is 6.58 Å². The number of hydrogen-bond acceptors (Lipinski definition) is 3. The molecule has 6 heteroatoms. The van der Waals surface area contributed by atoms with Crippen LogP contribution in [0.3, 0.4) is 0 Å². The SMILES string of the molecule is C=CCS(=O)(=O)N1CCC(C)(C(=O)O)C1. The molecular formula is C9H15NO4S. The molecule has 0 spiro atoms. The van der Waals surface area contributed by atoms with Gasteiger partial charge in [-0.3, -0.25) is 4.79 Å². The Bertz CT molecular complexity index is 376. The molecule has 1 rings (SSSR count). The highest BCUT2D eigenvalue weighted by atomic mass is 32.2. The first kappa shape index (κ1) is 12.2. The zero-order chi connectivity index (χ0) is 11.7. The maximum atomic E-state index is 11.6. The summed E-state index contributed by atoms with van der Waals surface area (Å²) in [6.45, 7) is 5.27. The Labute approximate surface area is 89.4 Å². The van der Waals surface area contributed by atoms with Crippen LogP contribution in [0.5, 0.6) is 0 Å². The highest BCUT2D eigenvalue weighted by molar-refractivity contribution is 7.89. The Morgan fingerprint density at radius 1 is 1.67 bits per heavy atom. The molecule has 1 saturated heterocycles. The molecule has 5 nitrogen and oxygen atoms in total. The lowest BCUT2D eigenvalue weighted by molar-refractivity contribution is -0.146. The van der Waals surface area contributed by atoms with Crippen LogP contribution in [0.1, 0.15) is 13.3 Å². The smallest absolute Gasteiger partial charge is 0.310 e. The fraction of sp³-hybridized carbons (Fsp3) is 0.667. The summed E-state index contributed by atoms with van der Waals surface area (Å²) in [5, 5.41) is 8.94. The summed E-state index contributed by atoms with van der Waals surface area (Å²) in [4.78, 5) is 10.9. The van der Waals surface area contributed by atoms with Crippen LogP contribution in [0.4, 0.5) is 0 Å². The van der Waals surface area contributed by atoms with Crippen LogP contribution in [0.15, 0.2) is 12.7 Å². The number of nitrogens with zero attached hydrogens (tertiary/aromatic N) is 1. The molecule has 1 heterocycles. The Morgan fingerprint density at radius 2 is 2.27 bits per heavy atom. The first-order valence-corrected chi connectivity index (χ1v) is 6.25. The Hall–Kier alpha value is -0.880. The third-order valence-corrected chi connectivity index (χ3v) is 4.43. The van der Waals surface area contributed by atoms with Crippen molar-refractivity contribution in [2.24, 2.45) is 5.41 Å². The van der Waals surface area contributed by atoms with E-state index in [2.05, 4.69) is 6.58 Å². The monoisotopic (exact) mass is 233 g/mol. The molecule has 0 aromatic heterocycles. The van der Waals surface area contributed by atoms with E-state index < -0.39 is 21.4 Å². The predicted molar refractivity (Wildman–Crippen MR) is 55.9 cm³/mol. The second-order valence-corrected chi connectivity index (χ2v) is 6.03. The first-order chi connectivity index (χ1) is 6.82. The second kappa shape index (κ2) is 3.94. The molecule has 0 amide bonds. The standard InChI is InChI=1S/C9H15NO4S/c1-3-6-15(13,14)10-5-4-9(2,7-10)8(11)12/h3H,1,4-7H2,2H3,(H,11,12). The topological polar surface area (TPSA) is 74.7 Å². The van der Waals surface area contributed by atoms with Crippen molar-refractivity contribution in [3.63, 3.8) is 0 Å².